The summed E-state index contributed by atoms with van der Waals surface area (Å²) in [6.07, 6.45) is 2.72. The summed E-state index contributed by atoms with van der Waals surface area (Å²) < 4.78 is 7.06. The zero-order chi connectivity index (χ0) is 13.8. The molecule has 1 aromatic heterocycles. The normalized spacial score (nSPS) is 13.9. The zero-order valence-corrected chi connectivity index (χ0v) is 12.7. The molecule has 1 atom stereocenters. The number of halogens is 1. The molecule has 0 fully saturated rings. The van der Waals surface area contributed by atoms with E-state index in [-0.39, 0.29) is 5.41 Å². The second kappa shape index (κ2) is 6.55. The SMILES string of the molecule is CNC(C)CC(C)(C)c1c(Cl)cnn1CCOC. The van der Waals surface area contributed by atoms with Gasteiger partial charge < -0.3 is 10.1 Å². The molecule has 18 heavy (non-hydrogen) atoms. The molecule has 1 heterocycles. The number of nitrogens with one attached hydrogen (secondary N) is 1. The Morgan fingerprint density at radius 3 is 2.78 bits per heavy atom. The van der Waals surface area contributed by atoms with Crippen LogP contribution < -0.4 is 5.32 Å². The maximum Gasteiger partial charge on any atom is 0.0823 e. The summed E-state index contributed by atoms with van der Waals surface area (Å²) in [7, 11) is 3.67. The first-order chi connectivity index (χ1) is 8.42. The second-order valence-electron chi connectivity index (χ2n) is 5.33. The summed E-state index contributed by atoms with van der Waals surface area (Å²) in [6.45, 7) is 7.95. The van der Waals surface area contributed by atoms with Crippen LogP contribution in [0.2, 0.25) is 5.02 Å². The minimum Gasteiger partial charge on any atom is -0.383 e. The Bertz CT molecular complexity index is 376. The van der Waals surface area contributed by atoms with Crippen LogP contribution in [0.3, 0.4) is 0 Å². The topological polar surface area (TPSA) is 39.1 Å². The Hall–Kier alpha value is -0.580. The van der Waals surface area contributed by atoms with Crippen LogP contribution >= 0.6 is 11.6 Å². The third-order valence-corrected chi connectivity index (χ3v) is 3.53. The Balaban J connectivity index is 2.94. The summed E-state index contributed by atoms with van der Waals surface area (Å²) in [4.78, 5) is 0. The Morgan fingerprint density at radius 1 is 1.56 bits per heavy atom. The minimum atomic E-state index is -0.0241. The van der Waals surface area contributed by atoms with Crippen molar-refractivity contribution >= 4 is 11.6 Å². The van der Waals surface area contributed by atoms with Crippen molar-refractivity contribution in [1.82, 2.24) is 15.1 Å². The largest absolute Gasteiger partial charge is 0.383 e. The van der Waals surface area contributed by atoms with Crippen molar-refractivity contribution < 1.29 is 4.74 Å². The highest BCUT2D eigenvalue weighted by Crippen LogP contribution is 2.33. The molecule has 0 radical (unpaired) electrons. The molecule has 0 spiro atoms. The standard InChI is InChI=1S/C13H24ClN3O/c1-10(15-4)8-13(2,3)12-11(14)9-16-17(12)6-7-18-5/h9-10,15H,6-8H2,1-5H3. The summed E-state index contributed by atoms with van der Waals surface area (Å²) in [6, 6.07) is 0.432. The first kappa shape index (κ1) is 15.5. The molecule has 4 nitrogen and oxygen atoms in total. The van der Waals surface area contributed by atoms with Gasteiger partial charge in [0, 0.05) is 18.6 Å². The van der Waals surface area contributed by atoms with Crippen LogP contribution in [-0.2, 0) is 16.7 Å². The van der Waals surface area contributed by atoms with Gasteiger partial charge in [0.25, 0.3) is 0 Å². The summed E-state index contributed by atoms with van der Waals surface area (Å²) in [5.74, 6) is 0. The average Bonchev–Trinajstić information content (AvgIpc) is 2.67. The van der Waals surface area contributed by atoms with Crippen molar-refractivity contribution in [3.63, 3.8) is 0 Å². The van der Waals surface area contributed by atoms with Crippen molar-refractivity contribution in [3.05, 3.63) is 16.9 Å². The second-order valence-corrected chi connectivity index (χ2v) is 5.74. The molecule has 0 aliphatic rings. The summed E-state index contributed by atoms with van der Waals surface area (Å²) >= 11 is 6.29. The fraction of sp³-hybridized carbons (Fsp3) is 0.769. The molecule has 104 valence electrons. The van der Waals surface area contributed by atoms with E-state index in [1.807, 2.05) is 11.7 Å². The first-order valence-electron chi connectivity index (χ1n) is 6.30. The van der Waals surface area contributed by atoms with Gasteiger partial charge in [-0.15, -0.1) is 0 Å². The molecule has 0 aromatic carbocycles. The molecule has 0 aliphatic carbocycles. The third-order valence-electron chi connectivity index (χ3n) is 3.25. The number of methoxy groups -OCH3 is 1. The van der Waals surface area contributed by atoms with E-state index in [0.717, 1.165) is 23.7 Å². The Kier molecular flexibility index (Phi) is 5.63. The number of hydrogen-bond acceptors (Lipinski definition) is 3. The maximum atomic E-state index is 6.29. The van der Waals surface area contributed by atoms with Crippen molar-refractivity contribution in [2.45, 2.75) is 45.2 Å². The molecule has 0 saturated heterocycles. The number of ether oxygens (including phenoxy) is 1. The van der Waals surface area contributed by atoms with Crippen LogP contribution in [0.25, 0.3) is 0 Å². The first-order valence-corrected chi connectivity index (χ1v) is 6.68. The van der Waals surface area contributed by atoms with Gasteiger partial charge in [-0.05, 0) is 20.4 Å². The number of nitrogens with zero attached hydrogens (tertiary/aromatic N) is 2. The van der Waals surface area contributed by atoms with Gasteiger partial charge in [0.1, 0.15) is 0 Å². The van der Waals surface area contributed by atoms with E-state index in [4.69, 9.17) is 16.3 Å². The highest BCUT2D eigenvalue weighted by atomic mass is 35.5. The van der Waals surface area contributed by atoms with Crippen LogP contribution in [0, 0.1) is 0 Å². The molecule has 0 bridgehead atoms. The zero-order valence-electron chi connectivity index (χ0n) is 12.0. The van der Waals surface area contributed by atoms with Gasteiger partial charge in [-0.3, -0.25) is 4.68 Å². The molecular formula is C13H24ClN3O. The van der Waals surface area contributed by atoms with Gasteiger partial charge in [0.15, 0.2) is 0 Å². The lowest BCUT2D eigenvalue weighted by atomic mass is 9.82. The van der Waals surface area contributed by atoms with Crippen molar-refractivity contribution in [2.24, 2.45) is 0 Å². The van der Waals surface area contributed by atoms with Crippen LogP contribution in [0.4, 0.5) is 0 Å². The monoisotopic (exact) mass is 273 g/mol. The highest BCUT2D eigenvalue weighted by Gasteiger charge is 2.29. The quantitative estimate of drug-likeness (QED) is 0.829. The average molecular weight is 274 g/mol. The molecule has 1 N–H and O–H groups in total. The molecule has 0 aliphatic heterocycles. The van der Waals surface area contributed by atoms with Crippen LogP contribution in [0.5, 0.6) is 0 Å². The lowest BCUT2D eigenvalue weighted by Crippen LogP contribution is -2.33. The van der Waals surface area contributed by atoms with Gasteiger partial charge >= 0.3 is 0 Å². The Morgan fingerprint density at radius 2 is 2.22 bits per heavy atom. The lowest BCUT2D eigenvalue weighted by molar-refractivity contribution is 0.180. The summed E-state index contributed by atoms with van der Waals surface area (Å²) in [5, 5.41) is 8.34. The van der Waals surface area contributed by atoms with E-state index in [0.29, 0.717) is 12.6 Å². The van der Waals surface area contributed by atoms with E-state index in [9.17, 15) is 0 Å². The number of aromatic nitrogens is 2. The molecule has 1 rings (SSSR count). The van der Waals surface area contributed by atoms with Crippen LogP contribution in [0.1, 0.15) is 32.9 Å². The fourth-order valence-corrected chi connectivity index (χ4v) is 2.74. The minimum absolute atomic E-state index is 0.0241. The third kappa shape index (κ3) is 3.70. The van der Waals surface area contributed by atoms with Crippen LogP contribution in [0.15, 0.2) is 6.20 Å². The van der Waals surface area contributed by atoms with Crippen LogP contribution in [-0.4, -0.2) is 36.6 Å². The van der Waals surface area contributed by atoms with E-state index in [1.165, 1.54) is 0 Å². The van der Waals surface area contributed by atoms with Gasteiger partial charge in [-0.1, -0.05) is 25.4 Å². The van der Waals surface area contributed by atoms with Crippen molar-refractivity contribution in [2.75, 3.05) is 20.8 Å². The predicted molar refractivity (Wildman–Crippen MR) is 75.3 cm³/mol. The predicted octanol–water partition coefficient (Wildman–Crippen LogP) is 2.46. The molecule has 1 aromatic rings. The summed E-state index contributed by atoms with van der Waals surface area (Å²) in [5.41, 5.74) is 1.06. The van der Waals surface area contributed by atoms with Gasteiger partial charge in [0.05, 0.1) is 30.1 Å². The lowest BCUT2D eigenvalue weighted by Gasteiger charge is -2.29. The molecule has 5 heteroatoms. The molecule has 0 saturated carbocycles. The van der Waals surface area contributed by atoms with E-state index < -0.39 is 0 Å². The van der Waals surface area contributed by atoms with Crippen molar-refractivity contribution in [1.29, 1.82) is 0 Å². The van der Waals surface area contributed by atoms with Gasteiger partial charge in [-0.2, -0.15) is 5.10 Å². The van der Waals surface area contributed by atoms with E-state index in [1.54, 1.807) is 13.3 Å². The number of hydrogen-bond donors (Lipinski definition) is 1. The van der Waals surface area contributed by atoms with E-state index >= 15 is 0 Å². The van der Waals surface area contributed by atoms with E-state index in [2.05, 4.69) is 31.2 Å². The number of rotatable bonds is 7. The molecule has 1 unspecified atom stereocenters. The molecule has 0 amide bonds. The maximum absolute atomic E-state index is 6.29. The highest BCUT2D eigenvalue weighted by molar-refractivity contribution is 6.31. The van der Waals surface area contributed by atoms with Crippen molar-refractivity contribution in [3.8, 4) is 0 Å². The van der Waals surface area contributed by atoms with Gasteiger partial charge in [0.2, 0.25) is 0 Å². The molecular weight excluding hydrogens is 250 g/mol. The Labute approximate surface area is 115 Å². The smallest absolute Gasteiger partial charge is 0.0823 e. The fourth-order valence-electron chi connectivity index (χ4n) is 2.35. The van der Waals surface area contributed by atoms with Gasteiger partial charge in [-0.25, -0.2) is 0 Å².